The fraction of sp³-hybridized carbons (Fsp3) is 0.600. The summed E-state index contributed by atoms with van der Waals surface area (Å²) in [6.45, 7) is 13.0. The quantitative estimate of drug-likeness (QED) is 0.526. The summed E-state index contributed by atoms with van der Waals surface area (Å²) in [4.78, 5) is 0. The molecule has 0 amide bonds. The average molecular weight is 384 g/mol. The van der Waals surface area contributed by atoms with E-state index in [0.29, 0.717) is 6.54 Å². The van der Waals surface area contributed by atoms with E-state index in [4.69, 9.17) is 18.1 Å². The van der Waals surface area contributed by atoms with E-state index in [1.54, 1.807) is 0 Å². The van der Waals surface area contributed by atoms with E-state index in [1.165, 1.54) is 16.7 Å². The zero-order valence-electron chi connectivity index (χ0n) is 15.2. The van der Waals surface area contributed by atoms with Crippen LogP contribution in [0.15, 0.2) is 33.8 Å². The molecule has 2 N–H and O–H groups in total. The summed E-state index contributed by atoms with van der Waals surface area (Å²) in [5.41, 5.74) is 15.7. The lowest BCUT2D eigenvalue weighted by molar-refractivity contribution is 0.283. The molecule has 0 aliphatic heterocycles. The largest absolute Gasteiger partial charge is 0.469 e. The molecule has 4 nitrogen and oxygen atoms in total. The Bertz CT molecular complexity index is 358. The molecule has 0 aliphatic carbocycles. The van der Waals surface area contributed by atoms with Gasteiger partial charge < -0.3 is 18.1 Å². The van der Waals surface area contributed by atoms with E-state index in [-0.39, 0.29) is 29.3 Å². The predicted octanol–water partition coefficient (Wildman–Crippen LogP) is 2.95. The fourth-order valence-corrected chi connectivity index (χ4v) is 8.30. The van der Waals surface area contributed by atoms with E-state index in [9.17, 15) is 0 Å². The molecule has 0 aromatic heterocycles. The number of nitrogens with two attached hydrogens (primary N) is 1. The summed E-state index contributed by atoms with van der Waals surface area (Å²) < 4.78 is 18.5. The number of rotatable bonds is 12. The Labute approximate surface area is 150 Å². The lowest BCUT2D eigenvalue weighted by atomic mass is 10.4. The molecule has 0 saturated carbocycles. The third-order valence-electron chi connectivity index (χ3n) is 2.37. The molecule has 0 unspecified atom stereocenters. The molecule has 0 saturated heterocycles. The Morgan fingerprint density at radius 2 is 1.13 bits per heavy atom. The minimum absolute atomic E-state index is 0.263. The minimum Gasteiger partial charge on any atom is -0.412 e. The Balaban J connectivity index is 5.02. The molecule has 0 aromatic carbocycles. The van der Waals surface area contributed by atoms with Crippen molar-refractivity contribution in [3.63, 3.8) is 0 Å². The monoisotopic (exact) mass is 383 g/mol. The highest BCUT2D eigenvalue weighted by molar-refractivity contribution is 6.75. The van der Waals surface area contributed by atoms with Crippen LogP contribution in [-0.2, 0) is 12.3 Å². The molecule has 0 heterocycles. The standard InChI is InChI=1S/C15H29NO3Si4/c1-13(2)10-20-17-23(9-7-8-16,18-21-11-14(3)4)19-22-12-15(5)6/h10-12H,7-9,16H2,1-6H3. The molecule has 0 rings (SSSR count). The maximum absolute atomic E-state index is 6.15. The molecule has 0 aromatic rings. The van der Waals surface area contributed by atoms with Crippen molar-refractivity contribution in [3.05, 3.63) is 33.8 Å². The van der Waals surface area contributed by atoms with Gasteiger partial charge in [-0.05, 0) is 54.5 Å². The van der Waals surface area contributed by atoms with Gasteiger partial charge in [-0.25, -0.2) is 0 Å². The van der Waals surface area contributed by atoms with Gasteiger partial charge in [-0.2, -0.15) is 0 Å². The van der Waals surface area contributed by atoms with Crippen LogP contribution >= 0.6 is 0 Å². The van der Waals surface area contributed by atoms with Crippen molar-refractivity contribution in [1.29, 1.82) is 0 Å². The Morgan fingerprint density at radius 1 is 0.783 bits per heavy atom. The van der Waals surface area contributed by atoms with E-state index in [2.05, 4.69) is 58.6 Å². The van der Waals surface area contributed by atoms with Gasteiger partial charge >= 0.3 is 8.80 Å². The van der Waals surface area contributed by atoms with Gasteiger partial charge in [0.1, 0.15) is 0 Å². The van der Waals surface area contributed by atoms with Gasteiger partial charge in [0.15, 0.2) is 0 Å². The first kappa shape index (κ1) is 22.9. The van der Waals surface area contributed by atoms with Crippen molar-refractivity contribution in [1.82, 2.24) is 0 Å². The first-order valence-electron chi connectivity index (χ1n) is 7.72. The molecule has 0 spiro atoms. The van der Waals surface area contributed by atoms with E-state index >= 15 is 0 Å². The Morgan fingerprint density at radius 3 is 1.39 bits per heavy atom. The molecule has 23 heavy (non-hydrogen) atoms. The smallest absolute Gasteiger partial charge is 0.412 e. The van der Waals surface area contributed by atoms with E-state index in [0.717, 1.165) is 12.5 Å². The van der Waals surface area contributed by atoms with Crippen molar-refractivity contribution in [3.8, 4) is 0 Å². The van der Waals surface area contributed by atoms with E-state index < -0.39 is 8.80 Å². The van der Waals surface area contributed by atoms with Crippen LogP contribution in [0.5, 0.6) is 0 Å². The molecule has 0 bridgehead atoms. The molecule has 6 radical (unpaired) electrons. The van der Waals surface area contributed by atoms with Crippen LogP contribution in [0.2, 0.25) is 6.04 Å². The summed E-state index contributed by atoms with van der Waals surface area (Å²) in [5.74, 6) is 0. The van der Waals surface area contributed by atoms with Crippen LogP contribution in [0.4, 0.5) is 0 Å². The SMILES string of the molecule is CC(C)=C[Si]O[Si](CCCN)(O[Si]C=C(C)C)O[Si]C=C(C)C. The third kappa shape index (κ3) is 13.0. The topological polar surface area (TPSA) is 53.7 Å². The zero-order valence-corrected chi connectivity index (χ0v) is 19.2. The Kier molecular flexibility index (Phi) is 13.2. The van der Waals surface area contributed by atoms with Gasteiger partial charge in [-0.3, -0.25) is 0 Å². The molecular weight excluding hydrogens is 355 g/mol. The van der Waals surface area contributed by atoms with Gasteiger partial charge in [0.25, 0.3) is 29.3 Å². The third-order valence-corrected chi connectivity index (χ3v) is 10.6. The zero-order chi connectivity index (χ0) is 17.7. The van der Waals surface area contributed by atoms with Crippen LogP contribution in [-0.4, -0.2) is 44.6 Å². The van der Waals surface area contributed by atoms with Crippen molar-refractivity contribution < 1.29 is 12.3 Å². The molecular formula is C15H29NO3Si4. The first-order valence-corrected chi connectivity index (χ1v) is 12.6. The second-order valence-corrected chi connectivity index (χ2v) is 11.8. The molecule has 8 heteroatoms. The molecule has 0 atom stereocenters. The summed E-state index contributed by atoms with van der Waals surface area (Å²) >= 11 is 0. The van der Waals surface area contributed by atoms with Crippen LogP contribution in [0.3, 0.4) is 0 Å². The second-order valence-electron chi connectivity index (χ2n) is 5.90. The van der Waals surface area contributed by atoms with Crippen molar-refractivity contribution in [2.45, 2.75) is 54.0 Å². The van der Waals surface area contributed by atoms with Gasteiger partial charge in [0, 0.05) is 6.04 Å². The van der Waals surface area contributed by atoms with Crippen molar-refractivity contribution in [2.75, 3.05) is 6.54 Å². The summed E-state index contributed by atoms with van der Waals surface area (Å²) in [7, 11) is -1.90. The Hall–Kier alpha value is -0.0725. The van der Waals surface area contributed by atoms with Gasteiger partial charge in [0.05, 0.1) is 0 Å². The van der Waals surface area contributed by atoms with Crippen molar-refractivity contribution >= 4 is 38.1 Å². The summed E-state index contributed by atoms with van der Waals surface area (Å²) in [6, 6.07) is 0.764. The van der Waals surface area contributed by atoms with Crippen LogP contribution in [0.25, 0.3) is 0 Å². The second kappa shape index (κ2) is 13.2. The maximum Gasteiger partial charge on any atom is 0.469 e. The average Bonchev–Trinajstić information content (AvgIpc) is 2.43. The highest BCUT2D eigenvalue weighted by Crippen LogP contribution is 2.17. The first-order chi connectivity index (χ1) is 10.8. The summed E-state index contributed by atoms with van der Waals surface area (Å²) in [5, 5.41) is 0. The van der Waals surface area contributed by atoms with Gasteiger partial charge in [-0.15, -0.1) is 0 Å². The highest BCUT2D eigenvalue weighted by atomic mass is 28.5. The van der Waals surface area contributed by atoms with Crippen molar-refractivity contribution in [2.24, 2.45) is 5.73 Å². The van der Waals surface area contributed by atoms with E-state index in [1.807, 2.05) is 0 Å². The predicted molar refractivity (Wildman–Crippen MR) is 103 cm³/mol. The van der Waals surface area contributed by atoms with Gasteiger partial charge in [-0.1, -0.05) is 33.8 Å². The summed E-state index contributed by atoms with van der Waals surface area (Å²) in [6.07, 6.45) is 0.851. The van der Waals surface area contributed by atoms with Crippen LogP contribution in [0, 0.1) is 0 Å². The molecule has 0 fully saturated rings. The molecule has 128 valence electrons. The number of hydrogen-bond acceptors (Lipinski definition) is 4. The minimum atomic E-state index is -2.69. The lowest BCUT2D eigenvalue weighted by Gasteiger charge is -2.29. The number of hydrogen-bond donors (Lipinski definition) is 1. The maximum atomic E-state index is 6.15. The normalized spacial score (nSPS) is 11.1. The van der Waals surface area contributed by atoms with Gasteiger partial charge in [0.2, 0.25) is 0 Å². The lowest BCUT2D eigenvalue weighted by Crippen LogP contribution is -2.48. The van der Waals surface area contributed by atoms with Crippen LogP contribution in [0.1, 0.15) is 48.0 Å². The highest BCUT2D eigenvalue weighted by Gasteiger charge is 2.39. The van der Waals surface area contributed by atoms with Crippen LogP contribution < -0.4 is 5.73 Å². The molecule has 0 aliphatic rings. The number of allylic oxidation sites excluding steroid dienone is 3. The fourth-order valence-electron chi connectivity index (χ4n) is 1.25.